The van der Waals surface area contributed by atoms with Crippen LogP contribution in [0.3, 0.4) is 0 Å². The van der Waals surface area contributed by atoms with E-state index in [1.165, 1.54) is 72.8 Å². The number of nitrogens with zero attached hydrogens (tertiary/aromatic N) is 8. The number of anilines is 2. The third kappa shape index (κ3) is 11.2. The van der Waals surface area contributed by atoms with Crippen molar-refractivity contribution in [1.82, 2.24) is 0 Å². The highest BCUT2D eigenvalue weighted by molar-refractivity contribution is 7.86. The normalized spacial score (nSPS) is 12.9. The van der Waals surface area contributed by atoms with Crippen molar-refractivity contribution in [1.29, 1.82) is 0 Å². The molecule has 6 rings (SSSR count). The molecule has 0 heterocycles. The second-order valence-corrected chi connectivity index (χ2v) is 18.2. The van der Waals surface area contributed by atoms with Gasteiger partial charge in [0.2, 0.25) is 0 Å². The molecule has 0 saturated carbocycles. The summed E-state index contributed by atoms with van der Waals surface area (Å²) in [4.78, 5) is -2.37. The molecule has 26 heteroatoms. The van der Waals surface area contributed by atoms with Crippen LogP contribution in [0.4, 0.5) is 56.9 Å². The summed E-state index contributed by atoms with van der Waals surface area (Å²) in [7, 11) is -19.0. The highest BCUT2D eigenvalue weighted by atomic mass is 32.2. The maximum atomic E-state index is 12.6. The zero-order valence-corrected chi connectivity index (χ0v) is 34.2. The van der Waals surface area contributed by atoms with Crippen LogP contribution in [0.15, 0.2) is 182 Å². The van der Waals surface area contributed by atoms with Crippen molar-refractivity contribution in [2.75, 3.05) is 11.5 Å². The van der Waals surface area contributed by atoms with Crippen LogP contribution < -0.4 is 11.5 Å². The summed E-state index contributed by atoms with van der Waals surface area (Å²) >= 11 is 0. The highest BCUT2D eigenvalue weighted by Gasteiger charge is 2.26. The first kappa shape index (κ1) is 44.5. The van der Waals surface area contributed by atoms with Crippen molar-refractivity contribution in [2.24, 2.45) is 40.9 Å². The van der Waals surface area contributed by atoms with Crippen LogP contribution in [0.5, 0.6) is 0 Å². The number of hydrogen-bond acceptors (Lipinski definition) is 18. The SMILES string of the molecule is Nc1cc(S(=O)(=O)O)c(-c2cc(N=Nc3ccc(N=Nc4ccc(S(=O)(=O)O)cc4)cc3)c(N)cc2S(=O)(=O)O)cc1N=Nc1ccc(N=Nc2ccc(S(=O)(=O)O)cc2)cc1. The van der Waals surface area contributed by atoms with E-state index in [1.807, 2.05) is 0 Å². The Labute approximate surface area is 352 Å². The summed E-state index contributed by atoms with van der Waals surface area (Å²) in [6, 6.07) is 25.5. The van der Waals surface area contributed by atoms with Crippen molar-refractivity contribution < 1.29 is 51.9 Å². The van der Waals surface area contributed by atoms with Gasteiger partial charge in [-0.3, -0.25) is 18.2 Å². The molecular weight excluding hydrogens is 893 g/mol. The summed E-state index contributed by atoms with van der Waals surface area (Å²) in [5, 5.41) is 32.4. The quantitative estimate of drug-likeness (QED) is 0.0357. The molecule has 0 aliphatic carbocycles. The standard InChI is InChI=1S/C36H28N10O12S4/c37-31-19-35(61(53,54)55)29(17-33(31)45-43-23-5-1-21(2-6-23)39-41-25-9-13-27(14-10-25)59(47,48)49)30-18-34(32(38)20-36(30)62(56,57)58)46-44-24-7-3-22(4-8-24)40-42-26-11-15-28(16-12-26)60(50,51)52/h1-20H,37-38H2,(H,47,48,49)(H,50,51,52)(H,53,54,55)(H,56,57,58). The summed E-state index contributed by atoms with van der Waals surface area (Å²) in [5.74, 6) is 0. The van der Waals surface area contributed by atoms with Gasteiger partial charge in [-0.05, 0) is 121 Å². The Balaban J connectivity index is 1.28. The molecule has 0 aliphatic rings. The minimum absolute atomic E-state index is 0.196. The fourth-order valence-corrected chi connectivity index (χ4v) is 7.59. The van der Waals surface area contributed by atoms with Crippen LogP contribution in [0.2, 0.25) is 0 Å². The van der Waals surface area contributed by atoms with Crippen LogP contribution >= 0.6 is 0 Å². The lowest BCUT2D eigenvalue weighted by molar-refractivity contribution is 0.480. The molecule has 0 aromatic heterocycles. The topological polar surface area (TPSA) is 368 Å². The Morgan fingerprint density at radius 1 is 0.323 bits per heavy atom. The summed E-state index contributed by atoms with van der Waals surface area (Å²) < 4.78 is 134. The molecule has 0 spiro atoms. The predicted molar refractivity (Wildman–Crippen MR) is 222 cm³/mol. The molecule has 0 aliphatic heterocycles. The zero-order chi connectivity index (χ0) is 45.0. The first-order valence-electron chi connectivity index (χ1n) is 16.9. The Morgan fingerprint density at radius 3 is 0.774 bits per heavy atom. The number of hydrogen-bond donors (Lipinski definition) is 6. The average Bonchev–Trinajstić information content (AvgIpc) is 3.21. The molecule has 0 fully saturated rings. The molecule has 62 heavy (non-hydrogen) atoms. The average molecular weight is 921 g/mol. The van der Waals surface area contributed by atoms with E-state index in [1.54, 1.807) is 0 Å². The first-order chi connectivity index (χ1) is 29.0. The van der Waals surface area contributed by atoms with Gasteiger partial charge in [-0.2, -0.15) is 64.4 Å². The molecule has 0 saturated heterocycles. The van der Waals surface area contributed by atoms with Gasteiger partial charge in [-0.15, -0.1) is 10.2 Å². The van der Waals surface area contributed by atoms with Gasteiger partial charge in [-0.1, -0.05) is 0 Å². The fraction of sp³-hybridized carbons (Fsp3) is 0. The van der Waals surface area contributed by atoms with E-state index in [-0.39, 0.29) is 55.3 Å². The molecule has 0 unspecified atom stereocenters. The largest absolute Gasteiger partial charge is 0.397 e. The van der Waals surface area contributed by atoms with E-state index in [9.17, 15) is 42.8 Å². The van der Waals surface area contributed by atoms with Gasteiger partial charge in [0.05, 0.1) is 55.3 Å². The van der Waals surface area contributed by atoms with Crippen molar-refractivity contribution in [3.63, 3.8) is 0 Å². The van der Waals surface area contributed by atoms with E-state index in [4.69, 9.17) is 20.6 Å². The van der Waals surface area contributed by atoms with E-state index in [0.29, 0.717) is 11.4 Å². The van der Waals surface area contributed by atoms with Crippen molar-refractivity contribution in [3.8, 4) is 11.1 Å². The number of nitrogens with two attached hydrogens (primary N) is 2. The van der Waals surface area contributed by atoms with E-state index in [2.05, 4.69) is 40.9 Å². The third-order valence-corrected chi connectivity index (χ3v) is 11.7. The molecule has 0 radical (unpaired) electrons. The van der Waals surface area contributed by atoms with Gasteiger partial charge in [0.25, 0.3) is 40.5 Å². The van der Waals surface area contributed by atoms with Crippen LogP contribution in [-0.2, 0) is 40.5 Å². The zero-order valence-electron chi connectivity index (χ0n) is 31.0. The smallest absolute Gasteiger partial charge is 0.295 e. The molecule has 0 amide bonds. The van der Waals surface area contributed by atoms with Gasteiger partial charge in [-0.25, -0.2) is 0 Å². The predicted octanol–water partition coefficient (Wildman–Crippen LogP) is 9.17. The Hall–Kier alpha value is -7.04. The van der Waals surface area contributed by atoms with Crippen molar-refractivity contribution in [3.05, 3.63) is 121 Å². The molecule has 318 valence electrons. The molecule has 0 atom stereocenters. The van der Waals surface area contributed by atoms with Crippen LogP contribution in [-0.4, -0.2) is 51.9 Å². The molecule has 22 nitrogen and oxygen atoms in total. The first-order valence-corrected chi connectivity index (χ1v) is 22.7. The minimum atomic E-state index is -5.12. The molecule has 8 N–H and O–H groups in total. The maximum absolute atomic E-state index is 12.6. The molecule has 6 aromatic carbocycles. The summed E-state index contributed by atoms with van der Waals surface area (Å²) in [6.07, 6.45) is 0. The second-order valence-electron chi connectivity index (χ2n) is 12.5. The number of benzene rings is 6. The Bertz CT molecular complexity index is 3050. The number of nitrogen functional groups attached to an aromatic ring is 2. The minimum Gasteiger partial charge on any atom is -0.397 e. The molecule has 0 bridgehead atoms. The van der Waals surface area contributed by atoms with Gasteiger partial charge < -0.3 is 11.5 Å². The van der Waals surface area contributed by atoms with Gasteiger partial charge in [0.15, 0.2) is 0 Å². The van der Waals surface area contributed by atoms with Gasteiger partial charge in [0, 0.05) is 11.1 Å². The fourth-order valence-electron chi connectivity index (χ4n) is 5.18. The summed E-state index contributed by atoms with van der Waals surface area (Å²) in [6.45, 7) is 0. The molecular formula is C36H28N10O12S4. The Morgan fingerprint density at radius 2 is 0.548 bits per heavy atom. The lowest BCUT2D eigenvalue weighted by atomic mass is 10.0. The maximum Gasteiger partial charge on any atom is 0.295 e. The van der Waals surface area contributed by atoms with E-state index < -0.39 is 61.4 Å². The highest BCUT2D eigenvalue weighted by Crippen LogP contribution is 2.42. The van der Waals surface area contributed by atoms with Crippen LogP contribution in [0.1, 0.15) is 0 Å². The second kappa shape index (κ2) is 17.5. The Kier molecular flexibility index (Phi) is 12.6. The van der Waals surface area contributed by atoms with Crippen LogP contribution in [0, 0.1) is 0 Å². The van der Waals surface area contributed by atoms with Crippen molar-refractivity contribution >= 4 is 97.3 Å². The summed E-state index contributed by atoms with van der Waals surface area (Å²) in [5.41, 5.74) is 11.9. The monoisotopic (exact) mass is 920 g/mol. The molecule has 6 aromatic rings. The van der Waals surface area contributed by atoms with E-state index in [0.717, 1.165) is 48.5 Å². The lowest BCUT2D eigenvalue weighted by Gasteiger charge is -2.15. The van der Waals surface area contributed by atoms with Crippen LogP contribution in [0.25, 0.3) is 11.1 Å². The number of azo groups is 4. The number of rotatable bonds is 13. The third-order valence-electron chi connectivity index (χ3n) is 8.18. The van der Waals surface area contributed by atoms with Crippen molar-refractivity contribution in [2.45, 2.75) is 19.6 Å². The lowest BCUT2D eigenvalue weighted by Crippen LogP contribution is -2.07. The van der Waals surface area contributed by atoms with E-state index >= 15 is 0 Å². The van der Waals surface area contributed by atoms with Gasteiger partial charge >= 0.3 is 0 Å². The van der Waals surface area contributed by atoms with Gasteiger partial charge in [0.1, 0.15) is 21.2 Å².